The average molecular weight is 291 g/mol. The van der Waals surface area contributed by atoms with Crippen molar-refractivity contribution in [2.24, 2.45) is 0 Å². The lowest BCUT2D eigenvalue weighted by atomic mass is 10.1. The van der Waals surface area contributed by atoms with Crippen molar-refractivity contribution in [2.75, 3.05) is 7.11 Å². The molecule has 0 aliphatic heterocycles. The molecular weight excluding hydrogens is 280 g/mol. The number of ether oxygens (including phenoxy) is 1. The first kappa shape index (κ1) is 12.4. The van der Waals surface area contributed by atoms with E-state index in [1.54, 1.807) is 18.4 Å². The highest BCUT2D eigenvalue weighted by Gasteiger charge is 2.09. The number of aromatic nitrogens is 2. The van der Waals surface area contributed by atoms with E-state index in [9.17, 15) is 0 Å². The van der Waals surface area contributed by atoms with Crippen LogP contribution in [0.1, 0.15) is 11.4 Å². The molecule has 2 aromatic heterocycles. The molecule has 0 N–H and O–H groups in total. The Labute approximate surface area is 119 Å². The van der Waals surface area contributed by atoms with E-state index in [1.165, 1.54) is 0 Å². The van der Waals surface area contributed by atoms with Gasteiger partial charge in [0.1, 0.15) is 21.6 Å². The van der Waals surface area contributed by atoms with Crippen LogP contribution >= 0.6 is 22.9 Å². The van der Waals surface area contributed by atoms with Crippen LogP contribution < -0.4 is 4.74 Å². The van der Waals surface area contributed by atoms with Gasteiger partial charge >= 0.3 is 0 Å². The molecule has 96 valence electrons. The van der Waals surface area contributed by atoms with E-state index in [-0.39, 0.29) is 0 Å². The minimum Gasteiger partial charge on any atom is -0.496 e. The Hall–Kier alpha value is -1.65. The number of thiophene rings is 1. The molecule has 5 heteroatoms. The number of benzene rings is 1. The van der Waals surface area contributed by atoms with Crippen molar-refractivity contribution in [3.05, 3.63) is 52.3 Å². The molecular formula is C14H11ClN2OS. The van der Waals surface area contributed by atoms with Crippen molar-refractivity contribution >= 4 is 33.2 Å². The number of hydrogen-bond acceptors (Lipinski definition) is 4. The minimum absolute atomic E-state index is 0.510. The molecule has 2 heterocycles. The van der Waals surface area contributed by atoms with Crippen molar-refractivity contribution < 1.29 is 4.74 Å². The highest BCUT2D eigenvalue weighted by atomic mass is 35.5. The lowest BCUT2D eigenvalue weighted by Crippen LogP contribution is -1.99. The first-order chi connectivity index (χ1) is 9.28. The second kappa shape index (κ2) is 5.15. The largest absolute Gasteiger partial charge is 0.496 e. The summed E-state index contributed by atoms with van der Waals surface area (Å²) in [7, 11) is 1.66. The summed E-state index contributed by atoms with van der Waals surface area (Å²) < 4.78 is 5.33. The highest BCUT2D eigenvalue weighted by Crippen LogP contribution is 2.26. The van der Waals surface area contributed by atoms with Crippen LogP contribution in [0.15, 0.2) is 35.7 Å². The van der Waals surface area contributed by atoms with Crippen LogP contribution in [0.5, 0.6) is 5.75 Å². The molecule has 3 aromatic rings. The SMILES string of the molecule is COc1ccccc1Cc1nc(Cl)c2ccsc2n1. The molecule has 19 heavy (non-hydrogen) atoms. The minimum atomic E-state index is 0.510. The van der Waals surface area contributed by atoms with Gasteiger partial charge in [-0.2, -0.15) is 0 Å². The lowest BCUT2D eigenvalue weighted by molar-refractivity contribution is 0.410. The van der Waals surface area contributed by atoms with Crippen molar-refractivity contribution in [1.29, 1.82) is 0 Å². The van der Waals surface area contributed by atoms with Gasteiger partial charge in [-0.1, -0.05) is 29.8 Å². The quantitative estimate of drug-likeness (QED) is 0.685. The molecule has 0 saturated heterocycles. The maximum absolute atomic E-state index is 6.17. The number of hydrogen-bond donors (Lipinski definition) is 0. The number of methoxy groups -OCH3 is 1. The predicted molar refractivity (Wildman–Crippen MR) is 78.2 cm³/mol. The predicted octanol–water partition coefficient (Wildman–Crippen LogP) is 3.94. The fourth-order valence-corrected chi connectivity index (χ4v) is 3.05. The summed E-state index contributed by atoms with van der Waals surface area (Å²) in [5, 5.41) is 3.39. The molecule has 0 radical (unpaired) electrons. The summed E-state index contributed by atoms with van der Waals surface area (Å²) in [6.07, 6.45) is 0.609. The fraction of sp³-hybridized carbons (Fsp3) is 0.143. The van der Waals surface area contributed by atoms with Crippen LogP contribution in [-0.2, 0) is 6.42 Å². The Morgan fingerprint density at radius 3 is 2.89 bits per heavy atom. The van der Waals surface area contributed by atoms with Crippen molar-refractivity contribution in [3.8, 4) is 5.75 Å². The Kier molecular flexibility index (Phi) is 3.36. The second-order valence-electron chi connectivity index (χ2n) is 4.06. The van der Waals surface area contributed by atoms with Crippen LogP contribution in [0.2, 0.25) is 5.15 Å². The van der Waals surface area contributed by atoms with Crippen molar-refractivity contribution in [1.82, 2.24) is 9.97 Å². The molecule has 0 fully saturated rings. The van der Waals surface area contributed by atoms with Gasteiger partial charge in [0.05, 0.1) is 7.11 Å². The van der Waals surface area contributed by atoms with Gasteiger partial charge in [0.15, 0.2) is 0 Å². The zero-order chi connectivity index (χ0) is 13.2. The van der Waals surface area contributed by atoms with Gasteiger partial charge in [0.2, 0.25) is 0 Å². The molecule has 3 nitrogen and oxygen atoms in total. The van der Waals surface area contributed by atoms with E-state index in [2.05, 4.69) is 9.97 Å². The Morgan fingerprint density at radius 2 is 2.05 bits per heavy atom. The summed E-state index contributed by atoms with van der Waals surface area (Å²) in [4.78, 5) is 9.81. The Balaban J connectivity index is 2.01. The van der Waals surface area contributed by atoms with Gasteiger partial charge in [-0.15, -0.1) is 11.3 Å². The summed E-state index contributed by atoms with van der Waals surface area (Å²) in [6, 6.07) is 9.80. The molecule has 0 amide bonds. The van der Waals surface area contributed by atoms with E-state index in [0.717, 1.165) is 21.5 Å². The summed E-state index contributed by atoms with van der Waals surface area (Å²) in [5.41, 5.74) is 1.05. The molecule has 0 bridgehead atoms. The van der Waals surface area contributed by atoms with E-state index >= 15 is 0 Å². The van der Waals surface area contributed by atoms with E-state index in [1.807, 2.05) is 35.7 Å². The number of para-hydroxylation sites is 1. The van der Waals surface area contributed by atoms with Crippen molar-refractivity contribution in [3.63, 3.8) is 0 Å². The first-order valence-corrected chi connectivity index (χ1v) is 7.05. The van der Waals surface area contributed by atoms with Gasteiger partial charge in [-0.3, -0.25) is 0 Å². The summed E-state index contributed by atoms with van der Waals surface area (Å²) in [6.45, 7) is 0. The molecule has 0 aliphatic rings. The maximum Gasteiger partial charge on any atom is 0.141 e. The van der Waals surface area contributed by atoms with Gasteiger partial charge < -0.3 is 4.74 Å². The van der Waals surface area contributed by atoms with Crippen LogP contribution in [0.25, 0.3) is 10.2 Å². The zero-order valence-electron chi connectivity index (χ0n) is 10.3. The monoisotopic (exact) mass is 290 g/mol. The number of halogens is 1. The number of fused-ring (bicyclic) bond motifs is 1. The van der Waals surface area contributed by atoms with Crippen LogP contribution in [0.3, 0.4) is 0 Å². The van der Waals surface area contributed by atoms with Crippen molar-refractivity contribution in [2.45, 2.75) is 6.42 Å². The molecule has 0 spiro atoms. The smallest absolute Gasteiger partial charge is 0.141 e. The maximum atomic E-state index is 6.17. The highest BCUT2D eigenvalue weighted by molar-refractivity contribution is 7.16. The number of rotatable bonds is 3. The third kappa shape index (κ3) is 2.41. The first-order valence-electron chi connectivity index (χ1n) is 5.79. The zero-order valence-corrected chi connectivity index (χ0v) is 11.8. The topological polar surface area (TPSA) is 35.0 Å². The Bertz CT molecular complexity index is 726. The second-order valence-corrected chi connectivity index (χ2v) is 5.31. The van der Waals surface area contributed by atoms with Crippen LogP contribution in [0, 0.1) is 0 Å². The molecule has 3 rings (SSSR count). The summed E-state index contributed by atoms with van der Waals surface area (Å²) >= 11 is 7.74. The Morgan fingerprint density at radius 1 is 1.21 bits per heavy atom. The molecule has 0 unspecified atom stereocenters. The average Bonchev–Trinajstić information content (AvgIpc) is 2.88. The molecule has 0 saturated carbocycles. The third-order valence-corrected chi connectivity index (χ3v) is 3.96. The fourth-order valence-electron chi connectivity index (χ4n) is 1.96. The molecule has 0 atom stereocenters. The van der Waals surface area contributed by atoms with Gasteiger partial charge in [-0.05, 0) is 17.5 Å². The van der Waals surface area contributed by atoms with E-state index in [4.69, 9.17) is 16.3 Å². The lowest BCUT2D eigenvalue weighted by Gasteiger charge is -2.07. The molecule has 1 aromatic carbocycles. The number of nitrogens with zero attached hydrogens (tertiary/aromatic N) is 2. The van der Waals surface area contributed by atoms with Gasteiger partial charge in [0.25, 0.3) is 0 Å². The standard InChI is InChI=1S/C14H11ClN2OS/c1-18-11-5-3-2-4-9(11)8-12-16-13(15)10-6-7-19-14(10)17-12/h2-7H,8H2,1H3. The molecule has 0 aliphatic carbocycles. The van der Waals surface area contributed by atoms with E-state index < -0.39 is 0 Å². The van der Waals surface area contributed by atoms with Crippen LogP contribution in [-0.4, -0.2) is 17.1 Å². The normalized spacial score (nSPS) is 10.8. The van der Waals surface area contributed by atoms with Gasteiger partial charge in [0, 0.05) is 17.4 Å². The summed E-state index contributed by atoms with van der Waals surface area (Å²) in [5.74, 6) is 1.55. The van der Waals surface area contributed by atoms with Crippen LogP contribution in [0.4, 0.5) is 0 Å². The van der Waals surface area contributed by atoms with Gasteiger partial charge in [-0.25, -0.2) is 9.97 Å². The van der Waals surface area contributed by atoms with E-state index in [0.29, 0.717) is 17.4 Å². The third-order valence-electron chi connectivity index (χ3n) is 2.87.